The van der Waals surface area contributed by atoms with Gasteiger partial charge >= 0.3 is 6.18 Å². The van der Waals surface area contributed by atoms with Crippen molar-refractivity contribution in [3.8, 4) is 0 Å². The number of benzene rings is 1. The second-order valence-electron chi connectivity index (χ2n) is 3.02. The van der Waals surface area contributed by atoms with Gasteiger partial charge in [-0.05, 0) is 18.1 Å². The van der Waals surface area contributed by atoms with Crippen LogP contribution in [0.5, 0.6) is 0 Å². The lowest BCUT2D eigenvalue weighted by Gasteiger charge is -2.12. The Labute approximate surface area is 93.3 Å². The van der Waals surface area contributed by atoms with Gasteiger partial charge in [0.1, 0.15) is 5.82 Å². The Kier molecular flexibility index (Phi) is 6.08. The second-order valence-corrected chi connectivity index (χ2v) is 3.02. The molecule has 0 nitrogen and oxygen atoms in total. The maximum Gasteiger partial charge on any atom is 0.419 e. The van der Waals surface area contributed by atoms with Gasteiger partial charge < -0.3 is 0 Å². The lowest BCUT2D eigenvalue weighted by Crippen LogP contribution is -2.12. The van der Waals surface area contributed by atoms with E-state index in [2.05, 4.69) is 0 Å². The fourth-order valence-corrected chi connectivity index (χ4v) is 1.36. The van der Waals surface area contributed by atoms with E-state index in [4.69, 9.17) is 0 Å². The Hall–Kier alpha value is -1.06. The number of hydrogen-bond donors (Lipinski definition) is 0. The monoisotopic (exact) mass is 236 g/mol. The average Bonchev–Trinajstić information content (AvgIpc) is 2.19. The highest BCUT2D eigenvalue weighted by Crippen LogP contribution is 2.34. The van der Waals surface area contributed by atoms with Crippen molar-refractivity contribution in [2.45, 2.75) is 39.8 Å². The summed E-state index contributed by atoms with van der Waals surface area (Å²) in [7, 11) is 0. The molecule has 0 amide bonds. The molecule has 92 valence electrons. The highest BCUT2D eigenvalue weighted by Gasteiger charge is 2.36. The number of halogens is 4. The molecule has 1 aromatic carbocycles. The van der Waals surface area contributed by atoms with Crippen LogP contribution in [0, 0.1) is 5.82 Å². The summed E-state index contributed by atoms with van der Waals surface area (Å²) in [4.78, 5) is 0. The Morgan fingerprint density at radius 2 is 1.69 bits per heavy atom. The van der Waals surface area contributed by atoms with Crippen molar-refractivity contribution in [1.29, 1.82) is 0 Å². The molecular formula is C12H16F4. The minimum absolute atomic E-state index is 0.0278. The smallest absolute Gasteiger partial charge is 0.206 e. The highest BCUT2D eigenvalue weighted by molar-refractivity contribution is 5.31. The predicted octanol–water partition coefficient (Wildman–Crippen LogP) is 4.82. The molecule has 0 aliphatic carbocycles. The van der Waals surface area contributed by atoms with Crippen LogP contribution in [0.2, 0.25) is 0 Å². The summed E-state index contributed by atoms with van der Waals surface area (Å²) in [5, 5.41) is 0. The normalized spacial score (nSPS) is 10.7. The van der Waals surface area contributed by atoms with Gasteiger partial charge in [0.05, 0.1) is 5.56 Å². The molecule has 0 unspecified atom stereocenters. The molecule has 0 aliphatic rings. The Balaban J connectivity index is 0.00000106. The second kappa shape index (κ2) is 6.51. The maximum atomic E-state index is 12.9. The van der Waals surface area contributed by atoms with Gasteiger partial charge in [0.25, 0.3) is 0 Å². The summed E-state index contributed by atoms with van der Waals surface area (Å²) in [6.45, 7) is 5.76. The summed E-state index contributed by atoms with van der Waals surface area (Å²) >= 11 is 0. The van der Waals surface area contributed by atoms with Gasteiger partial charge in [-0.25, -0.2) is 4.39 Å². The largest absolute Gasteiger partial charge is 0.419 e. The first-order valence-corrected chi connectivity index (χ1v) is 5.31. The third-order valence-electron chi connectivity index (χ3n) is 1.90. The highest BCUT2D eigenvalue weighted by atomic mass is 19.4. The van der Waals surface area contributed by atoms with Gasteiger partial charge in [0.15, 0.2) is 0 Å². The number of rotatable bonds is 2. The first-order valence-electron chi connectivity index (χ1n) is 5.31. The lowest BCUT2D eigenvalue weighted by molar-refractivity contribution is -0.140. The molecule has 0 fully saturated rings. The molecule has 0 saturated carbocycles. The molecule has 0 spiro atoms. The minimum Gasteiger partial charge on any atom is -0.206 e. The molecule has 16 heavy (non-hydrogen) atoms. The topological polar surface area (TPSA) is 0 Å². The van der Waals surface area contributed by atoms with Crippen LogP contribution in [0.15, 0.2) is 18.2 Å². The third kappa shape index (κ3) is 3.83. The van der Waals surface area contributed by atoms with Gasteiger partial charge in [0.2, 0.25) is 0 Å². The van der Waals surface area contributed by atoms with Crippen LogP contribution in [0.1, 0.15) is 38.3 Å². The molecule has 0 aromatic heterocycles. The zero-order valence-electron chi connectivity index (χ0n) is 9.66. The van der Waals surface area contributed by atoms with E-state index in [9.17, 15) is 17.6 Å². The molecular weight excluding hydrogens is 220 g/mol. The molecule has 0 bridgehead atoms. The van der Waals surface area contributed by atoms with E-state index in [1.165, 1.54) is 12.1 Å². The van der Waals surface area contributed by atoms with Crippen molar-refractivity contribution in [3.63, 3.8) is 0 Å². The fraction of sp³-hybridized carbons (Fsp3) is 0.500. The van der Waals surface area contributed by atoms with Gasteiger partial charge in [0, 0.05) is 0 Å². The quantitative estimate of drug-likeness (QED) is 0.645. The van der Waals surface area contributed by atoms with E-state index in [-0.39, 0.29) is 12.0 Å². The van der Waals surface area contributed by atoms with Gasteiger partial charge in [-0.2, -0.15) is 13.2 Å². The van der Waals surface area contributed by atoms with E-state index in [0.717, 1.165) is 6.07 Å². The third-order valence-corrected chi connectivity index (χ3v) is 1.90. The van der Waals surface area contributed by atoms with Crippen LogP contribution in [-0.4, -0.2) is 0 Å². The van der Waals surface area contributed by atoms with Gasteiger partial charge in [-0.15, -0.1) is 0 Å². The Morgan fingerprint density at radius 3 is 2.12 bits per heavy atom. The number of hydrogen-bond acceptors (Lipinski definition) is 0. The van der Waals surface area contributed by atoms with Crippen molar-refractivity contribution in [3.05, 3.63) is 35.1 Å². The van der Waals surface area contributed by atoms with Crippen LogP contribution >= 0.6 is 0 Å². The summed E-state index contributed by atoms with van der Waals surface area (Å²) < 4.78 is 50.1. The van der Waals surface area contributed by atoms with Crippen LogP contribution in [-0.2, 0) is 12.6 Å². The molecule has 0 radical (unpaired) electrons. The minimum atomic E-state index is -4.60. The van der Waals surface area contributed by atoms with Crippen LogP contribution < -0.4 is 0 Å². The fourth-order valence-electron chi connectivity index (χ4n) is 1.36. The van der Waals surface area contributed by atoms with E-state index in [0.29, 0.717) is 6.42 Å². The zero-order chi connectivity index (χ0) is 12.8. The van der Waals surface area contributed by atoms with E-state index >= 15 is 0 Å². The van der Waals surface area contributed by atoms with E-state index < -0.39 is 17.6 Å². The number of aryl methyl sites for hydroxylation is 1. The first kappa shape index (κ1) is 14.9. The summed E-state index contributed by atoms with van der Waals surface area (Å²) in [6.07, 6.45) is -3.80. The molecule has 0 saturated heterocycles. The SMILES string of the molecule is CC.CCCc1cccc(F)c1C(F)(F)F. The molecule has 0 atom stereocenters. The molecule has 4 heteroatoms. The molecule has 1 rings (SSSR count). The Morgan fingerprint density at radius 1 is 1.12 bits per heavy atom. The maximum absolute atomic E-state index is 12.9. The predicted molar refractivity (Wildman–Crippen MR) is 56.7 cm³/mol. The summed E-state index contributed by atoms with van der Waals surface area (Å²) in [6, 6.07) is 3.45. The van der Waals surface area contributed by atoms with Crippen LogP contribution in [0.25, 0.3) is 0 Å². The average molecular weight is 236 g/mol. The van der Waals surface area contributed by atoms with Gasteiger partial charge in [-0.1, -0.05) is 39.3 Å². The van der Waals surface area contributed by atoms with Crippen LogP contribution in [0.4, 0.5) is 17.6 Å². The molecule has 0 aliphatic heterocycles. The molecule has 0 heterocycles. The molecule has 0 N–H and O–H groups in total. The van der Waals surface area contributed by atoms with Crippen molar-refractivity contribution >= 4 is 0 Å². The zero-order valence-corrected chi connectivity index (χ0v) is 9.66. The number of alkyl halides is 3. The standard InChI is InChI=1S/C10H10F4.C2H6/c1-2-4-7-5-3-6-8(11)9(7)10(12,13)14;1-2/h3,5-6H,2,4H2,1H3;1-2H3. The van der Waals surface area contributed by atoms with Crippen molar-refractivity contribution < 1.29 is 17.6 Å². The summed E-state index contributed by atoms with van der Waals surface area (Å²) in [5.74, 6) is -1.19. The van der Waals surface area contributed by atoms with E-state index in [1.54, 1.807) is 6.92 Å². The summed E-state index contributed by atoms with van der Waals surface area (Å²) in [5.41, 5.74) is -1.10. The van der Waals surface area contributed by atoms with Crippen molar-refractivity contribution in [1.82, 2.24) is 0 Å². The first-order chi connectivity index (χ1) is 7.46. The van der Waals surface area contributed by atoms with Gasteiger partial charge in [-0.3, -0.25) is 0 Å². The Bertz CT molecular complexity index is 315. The van der Waals surface area contributed by atoms with Crippen molar-refractivity contribution in [2.75, 3.05) is 0 Å². The van der Waals surface area contributed by atoms with E-state index in [1.807, 2.05) is 13.8 Å². The van der Waals surface area contributed by atoms with Crippen molar-refractivity contribution in [2.24, 2.45) is 0 Å². The molecule has 1 aromatic rings. The van der Waals surface area contributed by atoms with Crippen LogP contribution in [0.3, 0.4) is 0 Å². The lowest BCUT2D eigenvalue weighted by atomic mass is 10.0.